The summed E-state index contributed by atoms with van der Waals surface area (Å²) in [5.41, 5.74) is 5.42. The molecule has 106 valence electrons. The van der Waals surface area contributed by atoms with Gasteiger partial charge in [-0.05, 0) is 38.6 Å². The van der Waals surface area contributed by atoms with Crippen LogP contribution in [0.2, 0.25) is 0 Å². The molecule has 18 heavy (non-hydrogen) atoms. The van der Waals surface area contributed by atoms with Crippen LogP contribution in [-0.4, -0.2) is 36.8 Å². The number of nitrogens with one attached hydrogen (secondary N) is 1. The van der Waals surface area contributed by atoms with Gasteiger partial charge in [0.15, 0.2) is 0 Å². The molecular weight excluding hydrogens is 230 g/mol. The Morgan fingerprint density at radius 2 is 2.33 bits per heavy atom. The van der Waals surface area contributed by atoms with Crippen LogP contribution in [0.4, 0.5) is 0 Å². The lowest BCUT2D eigenvalue weighted by Gasteiger charge is -2.24. The molecule has 5 heteroatoms. The van der Waals surface area contributed by atoms with Gasteiger partial charge in [0.25, 0.3) is 0 Å². The molecule has 0 amide bonds. The Morgan fingerprint density at radius 3 is 2.89 bits per heavy atom. The number of hydrogen-bond acceptors (Lipinski definition) is 4. The van der Waals surface area contributed by atoms with Gasteiger partial charge in [0.1, 0.15) is 5.84 Å². The number of nitrogens with zero attached hydrogens (tertiary/aromatic N) is 1. The van der Waals surface area contributed by atoms with Crippen molar-refractivity contribution in [1.29, 1.82) is 0 Å². The summed E-state index contributed by atoms with van der Waals surface area (Å²) in [6.07, 6.45) is 3.08. The van der Waals surface area contributed by atoms with Crippen molar-refractivity contribution in [2.45, 2.75) is 46.1 Å². The molecule has 0 bridgehead atoms. The number of nitrogens with two attached hydrogens (primary N) is 1. The normalized spacial score (nSPS) is 23.3. The molecule has 1 saturated heterocycles. The quantitative estimate of drug-likeness (QED) is 0.212. The van der Waals surface area contributed by atoms with Crippen molar-refractivity contribution in [1.82, 2.24) is 5.32 Å². The van der Waals surface area contributed by atoms with Crippen molar-refractivity contribution in [3.63, 3.8) is 0 Å². The van der Waals surface area contributed by atoms with E-state index in [-0.39, 0.29) is 5.41 Å². The Morgan fingerprint density at radius 1 is 1.61 bits per heavy atom. The number of hydrogen-bond donors (Lipinski definition) is 3. The van der Waals surface area contributed by atoms with Crippen molar-refractivity contribution < 1.29 is 9.94 Å². The molecule has 2 unspecified atom stereocenters. The maximum absolute atomic E-state index is 8.69. The zero-order valence-electron chi connectivity index (χ0n) is 11.8. The molecule has 0 spiro atoms. The molecule has 0 aromatic rings. The van der Waals surface area contributed by atoms with E-state index >= 15 is 0 Å². The maximum Gasteiger partial charge on any atom is 0.144 e. The minimum Gasteiger partial charge on any atom is -0.409 e. The predicted octanol–water partition coefficient (Wildman–Crippen LogP) is 1.55. The van der Waals surface area contributed by atoms with Gasteiger partial charge in [-0.3, -0.25) is 0 Å². The monoisotopic (exact) mass is 257 g/mol. The van der Waals surface area contributed by atoms with Crippen molar-refractivity contribution in [2.75, 3.05) is 19.8 Å². The van der Waals surface area contributed by atoms with Crippen molar-refractivity contribution in [3.8, 4) is 0 Å². The summed E-state index contributed by atoms with van der Waals surface area (Å²) in [7, 11) is 0. The summed E-state index contributed by atoms with van der Waals surface area (Å²) >= 11 is 0. The number of amidine groups is 1. The first kappa shape index (κ1) is 15.2. The number of rotatable bonds is 7. The van der Waals surface area contributed by atoms with Gasteiger partial charge in [-0.1, -0.05) is 19.0 Å². The Balaban J connectivity index is 2.18. The molecule has 0 saturated carbocycles. The molecule has 2 atom stereocenters. The third-order valence-corrected chi connectivity index (χ3v) is 3.92. The van der Waals surface area contributed by atoms with Crippen molar-refractivity contribution >= 4 is 5.84 Å². The average molecular weight is 257 g/mol. The van der Waals surface area contributed by atoms with E-state index in [1.54, 1.807) is 0 Å². The van der Waals surface area contributed by atoms with Gasteiger partial charge >= 0.3 is 0 Å². The third kappa shape index (κ3) is 4.46. The van der Waals surface area contributed by atoms with Gasteiger partial charge in [0.2, 0.25) is 0 Å². The Kier molecular flexibility index (Phi) is 5.88. The molecule has 4 N–H and O–H groups in total. The molecular formula is C13H27N3O2. The maximum atomic E-state index is 8.69. The highest BCUT2D eigenvalue weighted by atomic mass is 16.5. The van der Waals surface area contributed by atoms with Crippen LogP contribution in [0.25, 0.3) is 0 Å². The Labute approximate surface area is 110 Å². The van der Waals surface area contributed by atoms with Crippen LogP contribution in [0.1, 0.15) is 40.0 Å². The molecule has 0 aromatic heterocycles. The minimum atomic E-state index is -0.240. The van der Waals surface area contributed by atoms with E-state index in [0.29, 0.717) is 17.8 Å². The molecule has 5 nitrogen and oxygen atoms in total. The van der Waals surface area contributed by atoms with E-state index in [1.807, 2.05) is 13.8 Å². The van der Waals surface area contributed by atoms with E-state index in [9.17, 15) is 0 Å². The highest BCUT2D eigenvalue weighted by Gasteiger charge is 2.24. The lowest BCUT2D eigenvalue weighted by Crippen LogP contribution is -2.36. The summed E-state index contributed by atoms with van der Waals surface area (Å²) < 4.78 is 5.38. The van der Waals surface area contributed by atoms with E-state index in [1.165, 1.54) is 0 Å². The van der Waals surface area contributed by atoms with Crippen molar-refractivity contribution in [2.24, 2.45) is 22.2 Å². The van der Waals surface area contributed by atoms with E-state index in [2.05, 4.69) is 17.4 Å². The van der Waals surface area contributed by atoms with Crippen LogP contribution in [0.5, 0.6) is 0 Å². The molecule has 1 fully saturated rings. The topological polar surface area (TPSA) is 79.9 Å². The largest absolute Gasteiger partial charge is 0.409 e. The second kappa shape index (κ2) is 6.95. The second-order valence-electron chi connectivity index (χ2n) is 5.84. The van der Waals surface area contributed by atoms with Gasteiger partial charge in [-0.25, -0.2) is 0 Å². The Hall–Kier alpha value is -0.810. The predicted molar refractivity (Wildman–Crippen MR) is 72.8 cm³/mol. The third-order valence-electron chi connectivity index (χ3n) is 3.92. The summed E-state index contributed by atoms with van der Waals surface area (Å²) in [4.78, 5) is 0. The summed E-state index contributed by atoms with van der Waals surface area (Å²) in [5.74, 6) is 0.946. The number of oxime groups is 1. The molecule has 0 aliphatic carbocycles. The van der Waals surface area contributed by atoms with Crippen LogP contribution in [0.3, 0.4) is 0 Å². The van der Waals surface area contributed by atoms with Gasteiger partial charge in [-0.2, -0.15) is 0 Å². The second-order valence-corrected chi connectivity index (χ2v) is 5.84. The van der Waals surface area contributed by atoms with Crippen LogP contribution < -0.4 is 11.1 Å². The SMILES string of the molecule is CC(NCCCC(C)(C)C(N)=NO)C1CCOC1. The molecule has 0 aromatic carbocycles. The van der Waals surface area contributed by atoms with Gasteiger partial charge in [0.05, 0.1) is 6.61 Å². The first-order chi connectivity index (χ1) is 8.47. The zero-order valence-corrected chi connectivity index (χ0v) is 11.8. The zero-order chi connectivity index (χ0) is 13.6. The standard InChI is InChI=1S/C13H27N3O2/c1-10(11-5-8-18-9-11)15-7-4-6-13(2,3)12(14)16-17/h10-11,15,17H,4-9H2,1-3H3,(H2,14,16). The van der Waals surface area contributed by atoms with E-state index in [4.69, 9.17) is 15.7 Å². The smallest absolute Gasteiger partial charge is 0.144 e. The minimum absolute atomic E-state index is 0.240. The van der Waals surface area contributed by atoms with Gasteiger partial charge in [-0.15, -0.1) is 0 Å². The van der Waals surface area contributed by atoms with Crippen LogP contribution >= 0.6 is 0 Å². The average Bonchev–Trinajstić information content (AvgIpc) is 2.87. The lowest BCUT2D eigenvalue weighted by atomic mass is 9.86. The van der Waals surface area contributed by atoms with Crippen LogP contribution in [0, 0.1) is 11.3 Å². The fraction of sp³-hybridized carbons (Fsp3) is 0.923. The van der Waals surface area contributed by atoms with Crippen LogP contribution in [-0.2, 0) is 4.74 Å². The Bertz CT molecular complexity index is 273. The molecule has 1 aliphatic rings. The van der Waals surface area contributed by atoms with Gasteiger partial charge in [0, 0.05) is 18.1 Å². The summed E-state index contributed by atoms with van der Waals surface area (Å²) in [6.45, 7) is 8.94. The summed E-state index contributed by atoms with van der Waals surface area (Å²) in [6, 6.07) is 0.500. The molecule has 1 rings (SSSR count). The number of ether oxygens (including phenoxy) is 1. The first-order valence-corrected chi connectivity index (χ1v) is 6.76. The van der Waals surface area contributed by atoms with Crippen molar-refractivity contribution in [3.05, 3.63) is 0 Å². The molecule has 0 radical (unpaired) electrons. The summed E-state index contributed by atoms with van der Waals surface area (Å²) in [5, 5.41) is 15.3. The van der Waals surface area contributed by atoms with E-state index < -0.39 is 0 Å². The highest BCUT2D eigenvalue weighted by molar-refractivity contribution is 5.85. The molecule has 1 aliphatic heterocycles. The van der Waals surface area contributed by atoms with Crippen LogP contribution in [0.15, 0.2) is 5.16 Å². The molecule has 1 heterocycles. The highest BCUT2D eigenvalue weighted by Crippen LogP contribution is 2.22. The fourth-order valence-corrected chi connectivity index (χ4v) is 2.24. The lowest BCUT2D eigenvalue weighted by molar-refractivity contribution is 0.178. The fourth-order valence-electron chi connectivity index (χ4n) is 2.24. The van der Waals surface area contributed by atoms with E-state index in [0.717, 1.165) is 39.0 Å². The first-order valence-electron chi connectivity index (χ1n) is 6.76. The van der Waals surface area contributed by atoms with Gasteiger partial charge < -0.3 is 21.0 Å².